The van der Waals surface area contributed by atoms with Crippen LogP contribution in [0.1, 0.15) is 18.4 Å². The number of piperidine rings is 1. The van der Waals surface area contributed by atoms with E-state index in [4.69, 9.17) is 4.52 Å². The third-order valence-corrected chi connectivity index (χ3v) is 5.94. The van der Waals surface area contributed by atoms with Crippen molar-refractivity contribution in [3.05, 3.63) is 66.1 Å². The summed E-state index contributed by atoms with van der Waals surface area (Å²) >= 11 is 0. The molecule has 0 aliphatic carbocycles. The minimum atomic E-state index is -3.18. The van der Waals surface area contributed by atoms with Gasteiger partial charge < -0.3 is 19.6 Å². The van der Waals surface area contributed by atoms with Crippen LogP contribution < -0.4 is 4.90 Å². The van der Waals surface area contributed by atoms with Crippen LogP contribution in [-0.4, -0.2) is 59.9 Å². The smallest absolute Gasteiger partial charge is 0.265 e. The van der Waals surface area contributed by atoms with Gasteiger partial charge in [-0.15, -0.1) is 0 Å². The highest BCUT2D eigenvalue weighted by Gasteiger charge is 2.43. The Bertz CT molecular complexity index is 1360. The number of alkyl halides is 2. The van der Waals surface area contributed by atoms with Crippen LogP contribution in [0.2, 0.25) is 0 Å². The highest BCUT2D eigenvalue weighted by Crippen LogP contribution is 2.35. The second kappa shape index (κ2) is 9.32. The SMILES string of the molecule is OC(O)C1CCC(F)(F)CN1c1nc(-c2cc(-c3ccon3)n(Cc3ccccc3F)n2)ncc1F. The molecule has 0 saturated carbocycles. The van der Waals surface area contributed by atoms with E-state index in [0.29, 0.717) is 17.0 Å². The molecule has 4 heterocycles. The molecule has 0 bridgehead atoms. The number of anilines is 1. The Morgan fingerprint density at radius 3 is 2.64 bits per heavy atom. The van der Waals surface area contributed by atoms with Crippen molar-refractivity contribution >= 4 is 5.82 Å². The summed E-state index contributed by atoms with van der Waals surface area (Å²) in [4.78, 5) is 8.90. The van der Waals surface area contributed by atoms with Gasteiger partial charge in [-0.1, -0.05) is 23.4 Å². The van der Waals surface area contributed by atoms with E-state index in [2.05, 4.69) is 20.2 Å². The second-order valence-electron chi connectivity index (χ2n) is 8.42. The number of halogens is 4. The molecule has 0 spiro atoms. The lowest BCUT2D eigenvalue weighted by Crippen LogP contribution is -2.54. The Balaban J connectivity index is 1.56. The fraction of sp³-hybridized carbons (Fsp3) is 0.304. The molecule has 1 aliphatic heterocycles. The first-order valence-corrected chi connectivity index (χ1v) is 11.0. The zero-order valence-electron chi connectivity index (χ0n) is 18.6. The Hall–Kier alpha value is -3.84. The average Bonchev–Trinajstić information content (AvgIpc) is 3.50. The van der Waals surface area contributed by atoms with Crippen LogP contribution in [0, 0.1) is 11.6 Å². The van der Waals surface area contributed by atoms with Crippen molar-refractivity contribution in [1.82, 2.24) is 24.9 Å². The van der Waals surface area contributed by atoms with Crippen molar-refractivity contribution in [2.75, 3.05) is 11.4 Å². The summed E-state index contributed by atoms with van der Waals surface area (Å²) in [6.07, 6.45) is -0.697. The van der Waals surface area contributed by atoms with E-state index in [1.807, 2.05) is 0 Å². The van der Waals surface area contributed by atoms with Crippen LogP contribution >= 0.6 is 0 Å². The van der Waals surface area contributed by atoms with Gasteiger partial charge in [-0.3, -0.25) is 4.68 Å². The molecule has 1 fully saturated rings. The lowest BCUT2D eigenvalue weighted by molar-refractivity contribution is -0.0899. The Morgan fingerprint density at radius 1 is 1.11 bits per heavy atom. The van der Waals surface area contributed by atoms with E-state index in [-0.39, 0.29) is 24.5 Å². The summed E-state index contributed by atoms with van der Waals surface area (Å²) in [6, 6.07) is 8.04. The van der Waals surface area contributed by atoms with Gasteiger partial charge in [0.05, 0.1) is 31.0 Å². The fourth-order valence-corrected chi connectivity index (χ4v) is 4.17. The molecule has 1 unspecified atom stereocenters. The summed E-state index contributed by atoms with van der Waals surface area (Å²) < 4.78 is 63.7. The maximum Gasteiger partial charge on any atom is 0.265 e. The molecule has 2 N–H and O–H groups in total. The largest absolute Gasteiger partial charge is 0.366 e. The van der Waals surface area contributed by atoms with E-state index in [1.165, 1.54) is 23.1 Å². The lowest BCUT2D eigenvalue weighted by Gasteiger charge is -2.40. The second-order valence-corrected chi connectivity index (χ2v) is 8.42. The molecule has 1 atom stereocenters. The first-order valence-electron chi connectivity index (χ1n) is 11.0. The number of nitrogens with zero attached hydrogens (tertiary/aromatic N) is 6. The molecule has 1 aliphatic rings. The van der Waals surface area contributed by atoms with E-state index < -0.39 is 48.7 Å². The fourth-order valence-electron chi connectivity index (χ4n) is 4.17. The number of benzene rings is 1. The van der Waals surface area contributed by atoms with Gasteiger partial charge in [0, 0.05) is 18.1 Å². The number of aromatic nitrogens is 5. The van der Waals surface area contributed by atoms with Crippen molar-refractivity contribution < 1.29 is 32.3 Å². The van der Waals surface area contributed by atoms with Crippen molar-refractivity contribution in [2.24, 2.45) is 0 Å². The highest BCUT2D eigenvalue weighted by molar-refractivity contribution is 5.63. The summed E-state index contributed by atoms with van der Waals surface area (Å²) in [6.45, 7) is -0.936. The normalized spacial score (nSPS) is 17.6. The van der Waals surface area contributed by atoms with Gasteiger partial charge in [-0.2, -0.15) is 5.10 Å². The monoisotopic (exact) mass is 504 g/mol. The van der Waals surface area contributed by atoms with Gasteiger partial charge in [0.1, 0.15) is 23.5 Å². The van der Waals surface area contributed by atoms with Gasteiger partial charge in [0.2, 0.25) is 0 Å². The first-order chi connectivity index (χ1) is 17.2. The topological polar surface area (TPSA) is 113 Å². The minimum Gasteiger partial charge on any atom is -0.366 e. The number of aliphatic hydroxyl groups excluding tert-OH is 1. The zero-order chi connectivity index (χ0) is 25.4. The quantitative estimate of drug-likeness (QED) is 0.304. The summed E-state index contributed by atoms with van der Waals surface area (Å²) in [5, 5.41) is 27.7. The van der Waals surface area contributed by atoms with Crippen LogP contribution in [0.5, 0.6) is 0 Å². The molecule has 9 nitrogen and oxygen atoms in total. The summed E-state index contributed by atoms with van der Waals surface area (Å²) in [5.41, 5.74) is 1.28. The third kappa shape index (κ3) is 4.66. The molecule has 13 heteroatoms. The van der Waals surface area contributed by atoms with Crippen molar-refractivity contribution in [1.29, 1.82) is 0 Å². The molecular weight excluding hydrogens is 484 g/mol. The number of aliphatic hydroxyl groups is 2. The molecule has 5 rings (SSSR count). The van der Waals surface area contributed by atoms with Crippen molar-refractivity contribution in [3.8, 4) is 22.9 Å². The Morgan fingerprint density at radius 2 is 1.92 bits per heavy atom. The van der Waals surface area contributed by atoms with E-state index in [0.717, 1.165) is 11.1 Å². The molecular formula is C23H20F4N6O3. The highest BCUT2D eigenvalue weighted by atomic mass is 19.3. The molecule has 3 aromatic heterocycles. The number of rotatable bonds is 6. The van der Waals surface area contributed by atoms with Crippen molar-refractivity contribution in [3.63, 3.8) is 0 Å². The van der Waals surface area contributed by atoms with Crippen LogP contribution in [0.15, 0.2) is 53.4 Å². The molecule has 1 aromatic carbocycles. The standard InChI is InChI=1S/C23H20F4N6O3/c24-14-4-2-1-3-13(14)11-33-19(16-6-8-36-31-16)9-17(30-33)20-28-10-15(25)21(29-20)32-12-23(26,27)7-5-18(32)22(34)35/h1-4,6,8-10,18,22,34-35H,5,7,11-12H2. The van der Waals surface area contributed by atoms with Crippen LogP contribution in [0.4, 0.5) is 23.4 Å². The van der Waals surface area contributed by atoms with Gasteiger partial charge in [-0.25, -0.2) is 27.5 Å². The molecule has 4 aromatic rings. The first kappa shape index (κ1) is 23.9. The molecule has 36 heavy (non-hydrogen) atoms. The van der Waals surface area contributed by atoms with Crippen LogP contribution in [0.25, 0.3) is 22.9 Å². The van der Waals surface area contributed by atoms with Crippen LogP contribution in [-0.2, 0) is 6.54 Å². The molecule has 1 saturated heterocycles. The maximum absolute atomic E-state index is 14.7. The minimum absolute atomic E-state index is 0.0139. The lowest BCUT2D eigenvalue weighted by atomic mass is 9.98. The number of hydrogen-bond donors (Lipinski definition) is 2. The van der Waals surface area contributed by atoms with E-state index in [1.54, 1.807) is 24.3 Å². The third-order valence-electron chi connectivity index (χ3n) is 5.94. The van der Waals surface area contributed by atoms with E-state index in [9.17, 15) is 27.8 Å². The molecule has 0 radical (unpaired) electrons. The Kier molecular flexibility index (Phi) is 6.18. The van der Waals surface area contributed by atoms with Gasteiger partial charge in [-0.05, 0) is 18.6 Å². The summed E-state index contributed by atoms with van der Waals surface area (Å²) in [5.74, 6) is -5.25. The molecule has 188 valence electrons. The molecule has 0 amide bonds. The van der Waals surface area contributed by atoms with Gasteiger partial charge in [0.15, 0.2) is 23.7 Å². The average molecular weight is 504 g/mol. The van der Waals surface area contributed by atoms with Crippen molar-refractivity contribution in [2.45, 2.75) is 37.6 Å². The van der Waals surface area contributed by atoms with E-state index >= 15 is 0 Å². The number of hydrogen-bond acceptors (Lipinski definition) is 8. The summed E-state index contributed by atoms with van der Waals surface area (Å²) in [7, 11) is 0. The zero-order valence-corrected chi connectivity index (χ0v) is 18.6. The maximum atomic E-state index is 14.7. The Labute approximate surface area is 201 Å². The predicted molar refractivity (Wildman–Crippen MR) is 118 cm³/mol. The van der Waals surface area contributed by atoms with Gasteiger partial charge in [0.25, 0.3) is 5.92 Å². The van der Waals surface area contributed by atoms with Crippen LogP contribution in [0.3, 0.4) is 0 Å². The predicted octanol–water partition coefficient (Wildman–Crippen LogP) is 3.24. The van der Waals surface area contributed by atoms with Gasteiger partial charge >= 0.3 is 0 Å².